The standard InChI is InChI=1S/C14H9ClF2O2/c15-12-7-2-1-6-11(12)13(18)9-4-3-5-10(8-9)19-14(16)17/h1-8,14H. The summed E-state index contributed by atoms with van der Waals surface area (Å²) in [7, 11) is 0. The lowest BCUT2D eigenvalue weighted by atomic mass is 10.0. The first kappa shape index (κ1) is 13.5. The number of hydrogen-bond acceptors (Lipinski definition) is 2. The van der Waals surface area contributed by atoms with Crippen LogP contribution < -0.4 is 4.74 Å². The fraction of sp³-hybridized carbons (Fsp3) is 0.0714. The molecule has 0 atom stereocenters. The fourth-order valence-electron chi connectivity index (χ4n) is 1.61. The molecule has 19 heavy (non-hydrogen) atoms. The molecule has 0 saturated heterocycles. The lowest BCUT2D eigenvalue weighted by molar-refractivity contribution is -0.0498. The number of ketones is 1. The first-order valence-corrected chi connectivity index (χ1v) is 5.80. The Balaban J connectivity index is 2.32. The minimum Gasteiger partial charge on any atom is -0.435 e. The van der Waals surface area contributed by atoms with E-state index in [1.807, 2.05) is 0 Å². The molecule has 2 aromatic rings. The van der Waals surface area contributed by atoms with Crippen molar-refractivity contribution in [2.75, 3.05) is 0 Å². The number of halogens is 3. The van der Waals surface area contributed by atoms with Gasteiger partial charge in [0.15, 0.2) is 5.78 Å². The van der Waals surface area contributed by atoms with Crippen LogP contribution in [0.1, 0.15) is 15.9 Å². The van der Waals surface area contributed by atoms with Crippen molar-refractivity contribution >= 4 is 17.4 Å². The number of benzene rings is 2. The highest BCUT2D eigenvalue weighted by atomic mass is 35.5. The zero-order chi connectivity index (χ0) is 13.8. The van der Waals surface area contributed by atoms with Crippen LogP contribution >= 0.6 is 11.6 Å². The average Bonchev–Trinajstić information content (AvgIpc) is 2.38. The minimum absolute atomic E-state index is 0.0621. The molecule has 0 bridgehead atoms. The van der Waals surface area contributed by atoms with Gasteiger partial charge in [0.25, 0.3) is 0 Å². The molecule has 0 N–H and O–H groups in total. The third-order valence-electron chi connectivity index (χ3n) is 2.44. The van der Waals surface area contributed by atoms with E-state index in [4.69, 9.17) is 11.6 Å². The first-order chi connectivity index (χ1) is 9.08. The molecule has 0 unspecified atom stereocenters. The van der Waals surface area contributed by atoms with E-state index in [0.717, 1.165) is 0 Å². The predicted octanol–water partition coefficient (Wildman–Crippen LogP) is 4.17. The molecule has 0 radical (unpaired) electrons. The third-order valence-corrected chi connectivity index (χ3v) is 2.77. The van der Waals surface area contributed by atoms with Gasteiger partial charge in [-0.1, -0.05) is 35.9 Å². The number of carbonyl (C=O) groups excluding carboxylic acids is 1. The lowest BCUT2D eigenvalue weighted by Crippen LogP contribution is -2.05. The van der Waals surface area contributed by atoms with Crippen LogP contribution in [0, 0.1) is 0 Å². The van der Waals surface area contributed by atoms with E-state index in [-0.39, 0.29) is 17.1 Å². The molecule has 0 saturated carbocycles. The van der Waals surface area contributed by atoms with Gasteiger partial charge in [-0.15, -0.1) is 0 Å². The van der Waals surface area contributed by atoms with Gasteiger partial charge in [-0.2, -0.15) is 8.78 Å². The van der Waals surface area contributed by atoms with Gasteiger partial charge in [-0.3, -0.25) is 4.79 Å². The third kappa shape index (κ3) is 3.29. The van der Waals surface area contributed by atoms with E-state index < -0.39 is 6.61 Å². The molecule has 0 aliphatic rings. The molecule has 0 aliphatic heterocycles. The molecule has 0 amide bonds. The van der Waals surface area contributed by atoms with Gasteiger partial charge < -0.3 is 4.74 Å². The molecule has 98 valence electrons. The van der Waals surface area contributed by atoms with Crippen molar-refractivity contribution in [2.24, 2.45) is 0 Å². The summed E-state index contributed by atoms with van der Waals surface area (Å²) in [6.07, 6.45) is 0. The molecule has 0 aromatic heterocycles. The van der Waals surface area contributed by atoms with Crippen molar-refractivity contribution < 1.29 is 18.3 Å². The van der Waals surface area contributed by atoms with Gasteiger partial charge in [0, 0.05) is 11.1 Å². The predicted molar refractivity (Wildman–Crippen MR) is 68.0 cm³/mol. The maximum atomic E-state index is 12.2. The Labute approximate surface area is 113 Å². The van der Waals surface area contributed by atoms with Gasteiger partial charge in [-0.25, -0.2) is 0 Å². The summed E-state index contributed by atoms with van der Waals surface area (Å²) in [4.78, 5) is 12.2. The van der Waals surface area contributed by atoms with Gasteiger partial charge >= 0.3 is 6.61 Å². The van der Waals surface area contributed by atoms with E-state index in [2.05, 4.69) is 4.74 Å². The maximum Gasteiger partial charge on any atom is 0.387 e. The van der Waals surface area contributed by atoms with Gasteiger partial charge in [0.2, 0.25) is 0 Å². The molecule has 0 fully saturated rings. The summed E-state index contributed by atoms with van der Waals surface area (Å²) in [6, 6.07) is 12.2. The second-order valence-electron chi connectivity index (χ2n) is 3.72. The molecule has 5 heteroatoms. The molecule has 2 nitrogen and oxygen atoms in total. The number of rotatable bonds is 4. The van der Waals surface area contributed by atoms with Gasteiger partial charge in [-0.05, 0) is 24.3 Å². The lowest BCUT2D eigenvalue weighted by Gasteiger charge is -2.07. The van der Waals surface area contributed by atoms with Crippen molar-refractivity contribution in [1.29, 1.82) is 0 Å². The molecular formula is C14H9ClF2O2. The SMILES string of the molecule is O=C(c1cccc(OC(F)F)c1)c1ccccc1Cl. The number of carbonyl (C=O) groups is 1. The second-order valence-corrected chi connectivity index (χ2v) is 4.12. The van der Waals surface area contributed by atoms with Gasteiger partial charge in [0.05, 0.1) is 5.02 Å². The van der Waals surface area contributed by atoms with E-state index in [0.29, 0.717) is 10.6 Å². The normalized spacial score (nSPS) is 10.5. The Kier molecular flexibility index (Phi) is 4.12. The van der Waals surface area contributed by atoms with Crippen LogP contribution in [0.15, 0.2) is 48.5 Å². The smallest absolute Gasteiger partial charge is 0.387 e. The summed E-state index contributed by atoms with van der Waals surface area (Å²) in [5, 5.41) is 0.313. The fourth-order valence-corrected chi connectivity index (χ4v) is 1.84. The summed E-state index contributed by atoms with van der Waals surface area (Å²) < 4.78 is 28.5. The number of alkyl halides is 2. The van der Waals surface area contributed by atoms with Crippen LogP contribution in [0.4, 0.5) is 8.78 Å². The Morgan fingerprint density at radius 2 is 1.84 bits per heavy atom. The number of ether oxygens (including phenoxy) is 1. The van der Waals surface area contributed by atoms with Crippen LogP contribution in [0.3, 0.4) is 0 Å². The Morgan fingerprint density at radius 3 is 2.53 bits per heavy atom. The van der Waals surface area contributed by atoms with Crippen LogP contribution in [-0.2, 0) is 0 Å². The molecule has 0 heterocycles. The van der Waals surface area contributed by atoms with Crippen molar-refractivity contribution in [3.05, 3.63) is 64.7 Å². The zero-order valence-corrected chi connectivity index (χ0v) is 10.4. The highest BCUT2D eigenvalue weighted by molar-refractivity contribution is 6.34. The quantitative estimate of drug-likeness (QED) is 0.787. The zero-order valence-electron chi connectivity index (χ0n) is 9.65. The van der Waals surface area contributed by atoms with E-state index in [1.54, 1.807) is 24.3 Å². The second kappa shape index (κ2) is 5.80. The summed E-state index contributed by atoms with van der Waals surface area (Å²) in [6.45, 7) is -2.93. The van der Waals surface area contributed by atoms with Crippen molar-refractivity contribution in [3.63, 3.8) is 0 Å². The molecular weight excluding hydrogens is 274 g/mol. The van der Waals surface area contributed by atoms with Crippen LogP contribution in [0.2, 0.25) is 5.02 Å². The van der Waals surface area contributed by atoms with Crippen LogP contribution in [0.5, 0.6) is 5.75 Å². The Morgan fingerprint density at radius 1 is 1.11 bits per heavy atom. The molecule has 2 rings (SSSR count). The van der Waals surface area contributed by atoms with Crippen LogP contribution in [0.25, 0.3) is 0 Å². The minimum atomic E-state index is -2.93. The first-order valence-electron chi connectivity index (χ1n) is 5.42. The van der Waals surface area contributed by atoms with E-state index in [1.165, 1.54) is 24.3 Å². The monoisotopic (exact) mass is 282 g/mol. The van der Waals surface area contributed by atoms with Gasteiger partial charge in [0.1, 0.15) is 5.75 Å². The van der Waals surface area contributed by atoms with Crippen molar-refractivity contribution in [1.82, 2.24) is 0 Å². The highest BCUT2D eigenvalue weighted by Gasteiger charge is 2.13. The van der Waals surface area contributed by atoms with E-state index in [9.17, 15) is 13.6 Å². The summed E-state index contributed by atoms with van der Waals surface area (Å²) >= 11 is 5.92. The van der Waals surface area contributed by atoms with E-state index >= 15 is 0 Å². The van der Waals surface area contributed by atoms with Crippen molar-refractivity contribution in [2.45, 2.75) is 6.61 Å². The van der Waals surface area contributed by atoms with Crippen molar-refractivity contribution in [3.8, 4) is 5.75 Å². The van der Waals surface area contributed by atoms with Crippen LogP contribution in [-0.4, -0.2) is 12.4 Å². The molecule has 2 aromatic carbocycles. The average molecular weight is 283 g/mol. The largest absolute Gasteiger partial charge is 0.435 e. The Hall–Kier alpha value is -1.94. The molecule has 0 aliphatic carbocycles. The Bertz CT molecular complexity index is 600. The highest BCUT2D eigenvalue weighted by Crippen LogP contribution is 2.22. The summed E-state index contributed by atoms with van der Waals surface area (Å²) in [5.41, 5.74) is 0.560. The summed E-state index contributed by atoms with van der Waals surface area (Å²) in [5.74, 6) is -0.404. The molecule has 0 spiro atoms. The maximum absolute atomic E-state index is 12.2. The topological polar surface area (TPSA) is 26.3 Å². The number of hydrogen-bond donors (Lipinski definition) is 0.